The number of benzene rings is 4. The average molecular weight is 473 g/mol. The molecule has 0 bridgehead atoms. The van der Waals surface area contributed by atoms with Crippen LogP contribution in [0.25, 0.3) is 10.8 Å². The highest BCUT2D eigenvalue weighted by Gasteiger charge is 2.32. The highest BCUT2D eigenvalue weighted by Crippen LogP contribution is 2.36. The van der Waals surface area contributed by atoms with E-state index in [9.17, 15) is 4.79 Å². The van der Waals surface area contributed by atoms with Gasteiger partial charge in [0, 0.05) is 19.3 Å². The third-order valence-corrected chi connectivity index (χ3v) is 6.75. The van der Waals surface area contributed by atoms with E-state index in [1.165, 1.54) is 16.3 Å². The molecule has 0 saturated carbocycles. The van der Waals surface area contributed by atoms with Crippen LogP contribution in [0.2, 0.25) is 0 Å². The van der Waals surface area contributed by atoms with Crippen molar-refractivity contribution >= 4 is 22.5 Å². The normalized spacial score (nSPS) is 16.1. The number of carbonyl (C=O) groups excluding carboxylic acids is 1. The highest BCUT2D eigenvalue weighted by atomic mass is 16.7. The van der Waals surface area contributed by atoms with Gasteiger partial charge in [-0.15, -0.1) is 0 Å². The van der Waals surface area contributed by atoms with Crippen LogP contribution in [0.15, 0.2) is 113 Å². The summed E-state index contributed by atoms with van der Waals surface area (Å²) in [6.07, 6.45) is 1.94. The zero-order chi connectivity index (χ0) is 24.3. The van der Waals surface area contributed by atoms with Crippen LogP contribution in [-0.4, -0.2) is 16.8 Å². The Bertz CT molecular complexity index is 1550. The summed E-state index contributed by atoms with van der Waals surface area (Å²) in [5.41, 5.74) is 5.16. The average Bonchev–Trinajstić information content (AvgIpc) is 3.35. The maximum atomic E-state index is 12.6. The van der Waals surface area contributed by atoms with Crippen LogP contribution in [0, 0.1) is 0 Å². The minimum absolute atomic E-state index is 0.159. The van der Waals surface area contributed by atoms with Crippen molar-refractivity contribution in [3.63, 3.8) is 0 Å². The van der Waals surface area contributed by atoms with Crippen LogP contribution >= 0.6 is 0 Å². The third kappa shape index (κ3) is 4.31. The van der Waals surface area contributed by atoms with Gasteiger partial charge in [0.1, 0.15) is 5.76 Å². The predicted molar refractivity (Wildman–Crippen MR) is 139 cm³/mol. The molecular formula is C31H24N2O3. The Morgan fingerprint density at radius 2 is 1.58 bits per heavy atom. The summed E-state index contributed by atoms with van der Waals surface area (Å²) in [6, 6.07) is 33.8. The van der Waals surface area contributed by atoms with Gasteiger partial charge in [0.15, 0.2) is 0 Å². The van der Waals surface area contributed by atoms with Crippen LogP contribution in [0.5, 0.6) is 0 Å². The van der Waals surface area contributed by atoms with Crippen LogP contribution in [0.1, 0.15) is 50.8 Å². The Balaban J connectivity index is 1.37. The second-order valence-electron chi connectivity index (χ2n) is 9.04. The standard InChI is InChI=1S/C31H24N2O3/c34-31(23-13-5-2-6-14-23)36-33-28-19-25(21-10-3-1-4-11-21)20-29-30(28)27(32-35-29)18-24-16-9-15-22-12-7-8-17-26(22)24/h1-17,25H,18-20H2. The molecule has 1 aliphatic rings. The fraction of sp³-hybridized carbons (Fsp3) is 0.129. The van der Waals surface area contributed by atoms with Crippen LogP contribution in [-0.2, 0) is 17.7 Å². The molecule has 4 aromatic carbocycles. The van der Waals surface area contributed by atoms with E-state index in [0.29, 0.717) is 30.5 Å². The van der Waals surface area contributed by atoms with Crippen molar-refractivity contribution in [2.75, 3.05) is 0 Å². The van der Waals surface area contributed by atoms with Gasteiger partial charge < -0.3 is 9.36 Å². The summed E-state index contributed by atoms with van der Waals surface area (Å²) in [5.74, 6) is 0.449. The summed E-state index contributed by atoms with van der Waals surface area (Å²) in [5, 5.41) is 11.2. The number of fused-ring (bicyclic) bond motifs is 2. The minimum Gasteiger partial charge on any atom is -0.360 e. The summed E-state index contributed by atoms with van der Waals surface area (Å²) < 4.78 is 5.87. The van der Waals surface area contributed by atoms with Crippen molar-refractivity contribution in [3.8, 4) is 0 Å². The number of aromatic nitrogens is 1. The van der Waals surface area contributed by atoms with Gasteiger partial charge in [-0.2, -0.15) is 0 Å². The monoisotopic (exact) mass is 472 g/mol. The van der Waals surface area contributed by atoms with Crippen molar-refractivity contribution in [1.82, 2.24) is 5.16 Å². The second-order valence-corrected chi connectivity index (χ2v) is 9.04. The summed E-state index contributed by atoms with van der Waals surface area (Å²) >= 11 is 0. The Morgan fingerprint density at radius 1 is 0.861 bits per heavy atom. The molecule has 0 aliphatic heterocycles. The smallest absolute Gasteiger partial charge is 0.360 e. The van der Waals surface area contributed by atoms with E-state index >= 15 is 0 Å². The molecule has 1 unspecified atom stereocenters. The lowest BCUT2D eigenvalue weighted by atomic mass is 9.81. The van der Waals surface area contributed by atoms with Gasteiger partial charge in [0.05, 0.1) is 22.5 Å². The molecule has 1 atom stereocenters. The second kappa shape index (κ2) is 9.62. The van der Waals surface area contributed by atoms with Gasteiger partial charge in [-0.25, -0.2) is 4.79 Å². The molecule has 5 heteroatoms. The molecule has 1 aromatic heterocycles. The highest BCUT2D eigenvalue weighted by molar-refractivity contribution is 6.04. The molecule has 176 valence electrons. The number of nitrogens with zero attached hydrogens (tertiary/aromatic N) is 2. The number of hydrogen-bond donors (Lipinski definition) is 0. The molecule has 0 N–H and O–H groups in total. The maximum absolute atomic E-state index is 12.6. The molecule has 5 aromatic rings. The SMILES string of the molecule is O=C(ON=C1CC(c2ccccc2)Cc2onc(Cc3cccc4ccccc34)c21)c1ccccc1. The zero-order valence-corrected chi connectivity index (χ0v) is 19.6. The lowest BCUT2D eigenvalue weighted by molar-refractivity contribution is 0.0515. The Labute approximate surface area is 209 Å². The molecule has 0 spiro atoms. The lowest BCUT2D eigenvalue weighted by Gasteiger charge is -2.22. The van der Waals surface area contributed by atoms with Crippen molar-refractivity contribution in [3.05, 3.63) is 137 Å². The number of rotatable bonds is 5. The van der Waals surface area contributed by atoms with Crippen LogP contribution in [0.3, 0.4) is 0 Å². The first-order valence-corrected chi connectivity index (χ1v) is 12.1. The largest absolute Gasteiger partial charge is 0.365 e. The Morgan fingerprint density at radius 3 is 2.42 bits per heavy atom. The molecule has 0 radical (unpaired) electrons. The first-order valence-electron chi connectivity index (χ1n) is 12.1. The first-order chi connectivity index (χ1) is 17.8. The quantitative estimate of drug-likeness (QED) is 0.211. The Hall–Kier alpha value is -4.51. The summed E-state index contributed by atoms with van der Waals surface area (Å²) in [7, 11) is 0. The van der Waals surface area contributed by atoms with Crippen molar-refractivity contribution in [1.29, 1.82) is 0 Å². The third-order valence-electron chi connectivity index (χ3n) is 6.75. The van der Waals surface area contributed by atoms with Crippen LogP contribution in [0.4, 0.5) is 0 Å². The molecule has 6 rings (SSSR count). The van der Waals surface area contributed by atoms with Gasteiger partial charge in [0.25, 0.3) is 0 Å². The van der Waals surface area contributed by atoms with E-state index in [2.05, 4.69) is 52.8 Å². The zero-order valence-electron chi connectivity index (χ0n) is 19.6. The van der Waals surface area contributed by atoms with Gasteiger partial charge in [-0.1, -0.05) is 101 Å². The summed E-state index contributed by atoms with van der Waals surface area (Å²) in [4.78, 5) is 18.1. The van der Waals surface area contributed by atoms with E-state index in [1.54, 1.807) is 24.3 Å². The van der Waals surface area contributed by atoms with E-state index < -0.39 is 5.97 Å². The predicted octanol–water partition coefficient (Wildman–Crippen LogP) is 6.71. The van der Waals surface area contributed by atoms with E-state index in [4.69, 9.17) is 9.36 Å². The van der Waals surface area contributed by atoms with Gasteiger partial charge >= 0.3 is 5.97 Å². The summed E-state index contributed by atoms with van der Waals surface area (Å²) in [6.45, 7) is 0. The fourth-order valence-corrected chi connectivity index (χ4v) is 4.98. The molecule has 1 aliphatic carbocycles. The molecule has 0 fully saturated rings. The molecule has 1 heterocycles. The number of hydrogen-bond acceptors (Lipinski definition) is 5. The number of oxime groups is 1. The maximum Gasteiger partial charge on any atom is 0.365 e. The van der Waals surface area contributed by atoms with Crippen molar-refractivity contribution < 1.29 is 14.2 Å². The first kappa shape index (κ1) is 22.0. The van der Waals surface area contributed by atoms with E-state index in [-0.39, 0.29) is 5.92 Å². The van der Waals surface area contributed by atoms with Gasteiger partial charge in [-0.3, -0.25) is 0 Å². The lowest BCUT2D eigenvalue weighted by Crippen LogP contribution is -2.20. The molecular weight excluding hydrogens is 448 g/mol. The van der Waals surface area contributed by atoms with Crippen molar-refractivity contribution in [2.24, 2.45) is 5.16 Å². The van der Waals surface area contributed by atoms with Crippen molar-refractivity contribution in [2.45, 2.75) is 25.2 Å². The Kier molecular flexibility index (Phi) is 5.88. The topological polar surface area (TPSA) is 64.7 Å². The van der Waals surface area contributed by atoms with Gasteiger partial charge in [0.2, 0.25) is 0 Å². The van der Waals surface area contributed by atoms with E-state index in [1.807, 2.05) is 36.4 Å². The fourth-order valence-electron chi connectivity index (χ4n) is 4.98. The molecule has 0 saturated heterocycles. The number of carbonyl (C=O) groups is 1. The van der Waals surface area contributed by atoms with Gasteiger partial charge in [-0.05, 0) is 39.9 Å². The molecule has 5 nitrogen and oxygen atoms in total. The van der Waals surface area contributed by atoms with Crippen LogP contribution < -0.4 is 0 Å². The molecule has 36 heavy (non-hydrogen) atoms. The van der Waals surface area contributed by atoms with E-state index in [0.717, 1.165) is 22.6 Å². The molecule has 0 amide bonds. The minimum atomic E-state index is -0.487.